The molecular weight excluding hydrogens is 196 g/mol. The molecule has 1 aliphatic carbocycles. The van der Waals surface area contributed by atoms with Gasteiger partial charge in [0.05, 0.1) is 6.10 Å². The summed E-state index contributed by atoms with van der Waals surface area (Å²) < 4.78 is 0. The number of aliphatic hydroxyl groups is 1. The first-order chi connectivity index (χ1) is 7.83. The van der Waals surface area contributed by atoms with Crippen LogP contribution >= 0.6 is 0 Å². The predicted molar refractivity (Wildman–Crippen MR) is 67.6 cm³/mol. The summed E-state index contributed by atoms with van der Waals surface area (Å²) in [4.78, 5) is 0. The SMILES string of the molecule is C=CCCC(O)C1CCCc2ccccc21. The molecule has 1 aromatic carbocycles. The van der Waals surface area contributed by atoms with Crippen molar-refractivity contribution in [2.75, 3.05) is 0 Å². The molecule has 86 valence electrons. The highest BCUT2D eigenvalue weighted by Gasteiger charge is 2.25. The van der Waals surface area contributed by atoms with Crippen LogP contribution in [0.1, 0.15) is 42.7 Å². The van der Waals surface area contributed by atoms with Crippen molar-refractivity contribution in [3.8, 4) is 0 Å². The number of hydrogen-bond acceptors (Lipinski definition) is 1. The van der Waals surface area contributed by atoms with Gasteiger partial charge < -0.3 is 5.11 Å². The molecule has 0 radical (unpaired) electrons. The second-order valence-corrected chi connectivity index (χ2v) is 4.63. The molecular formula is C15H20O. The molecule has 0 aliphatic heterocycles. The fourth-order valence-electron chi connectivity index (χ4n) is 2.68. The molecule has 0 spiro atoms. The Hall–Kier alpha value is -1.08. The molecule has 1 aromatic rings. The molecule has 2 rings (SSSR count). The lowest BCUT2D eigenvalue weighted by atomic mass is 9.79. The molecule has 0 bridgehead atoms. The summed E-state index contributed by atoms with van der Waals surface area (Å²) in [6.07, 6.45) is 6.91. The van der Waals surface area contributed by atoms with Gasteiger partial charge in [0.1, 0.15) is 0 Å². The van der Waals surface area contributed by atoms with Crippen LogP contribution in [0.25, 0.3) is 0 Å². The van der Waals surface area contributed by atoms with Crippen molar-refractivity contribution in [3.05, 3.63) is 48.0 Å². The minimum absolute atomic E-state index is 0.209. The summed E-state index contributed by atoms with van der Waals surface area (Å²) in [5.74, 6) is 0.338. The van der Waals surface area contributed by atoms with Gasteiger partial charge in [-0.15, -0.1) is 6.58 Å². The van der Waals surface area contributed by atoms with E-state index in [9.17, 15) is 5.11 Å². The molecule has 0 saturated carbocycles. The van der Waals surface area contributed by atoms with E-state index in [-0.39, 0.29) is 6.10 Å². The number of hydrogen-bond donors (Lipinski definition) is 1. The van der Waals surface area contributed by atoms with Gasteiger partial charge in [-0.3, -0.25) is 0 Å². The van der Waals surface area contributed by atoms with Gasteiger partial charge in [0.2, 0.25) is 0 Å². The quantitative estimate of drug-likeness (QED) is 0.764. The average Bonchev–Trinajstić information content (AvgIpc) is 2.35. The molecule has 0 fully saturated rings. The van der Waals surface area contributed by atoms with Gasteiger partial charge in [0, 0.05) is 5.92 Å². The third-order valence-corrected chi connectivity index (χ3v) is 3.55. The molecule has 1 nitrogen and oxygen atoms in total. The molecule has 1 N–H and O–H groups in total. The van der Waals surface area contributed by atoms with Crippen LogP contribution in [0, 0.1) is 0 Å². The van der Waals surface area contributed by atoms with Crippen LogP contribution in [0.15, 0.2) is 36.9 Å². The van der Waals surface area contributed by atoms with E-state index in [1.54, 1.807) is 0 Å². The van der Waals surface area contributed by atoms with Gasteiger partial charge in [0.25, 0.3) is 0 Å². The van der Waals surface area contributed by atoms with Crippen molar-refractivity contribution in [1.29, 1.82) is 0 Å². The first-order valence-electron chi connectivity index (χ1n) is 6.19. The van der Waals surface area contributed by atoms with Gasteiger partial charge >= 0.3 is 0 Å². The van der Waals surface area contributed by atoms with Crippen LogP contribution in [-0.2, 0) is 6.42 Å². The van der Waals surface area contributed by atoms with Crippen LogP contribution in [0.2, 0.25) is 0 Å². The average molecular weight is 216 g/mol. The first-order valence-corrected chi connectivity index (χ1v) is 6.19. The van der Waals surface area contributed by atoms with Crippen molar-refractivity contribution < 1.29 is 5.11 Å². The Morgan fingerprint density at radius 2 is 2.25 bits per heavy atom. The number of fused-ring (bicyclic) bond motifs is 1. The summed E-state index contributed by atoms with van der Waals surface area (Å²) in [6, 6.07) is 8.55. The van der Waals surface area contributed by atoms with Crippen LogP contribution in [0.3, 0.4) is 0 Å². The van der Waals surface area contributed by atoms with Crippen molar-refractivity contribution >= 4 is 0 Å². The van der Waals surface area contributed by atoms with Crippen molar-refractivity contribution in [3.63, 3.8) is 0 Å². The Bertz CT molecular complexity index is 356. The molecule has 2 atom stereocenters. The zero-order chi connectivity index (χ0) is 11.4. The van der Waals surface area contributed by atoms with Gasteiger partial charge in [-0.25, -0.2) is 0 Å². The van der Waals surface area contributed by atoms with Crippen molar-refractivity contribution in [2.24, 2.45) is 0 Å². The molecule has 0 aromatic heterocycles. The van der Waals surface area contributed by atoms with E-state index >= 15 is 0 Å². The predicted octanol–water partition coefficient (Wildman–Crippen LogP) is 3.43. The van der Waals surface area contributed by atoms with E-state index in [1.807, 2.05) is 6.08 Å². The number of aliphatic hydroxyl groups excluding tert-OH is 1. The number of rotatable bonds is 4. The highest BCUT2D eigenvalue weighted by molar-refractivity contribution is 5.33. The van der Waals surface area contributed by atoms with E-state index in [0.717, 1.165) is 19.3 Å². The Morgan fingerprint density at radius 1 is 1.44 bits per heavy atom. The van der Waals surface area contributed by atoms with Crippen LogP contribution in [0.4, 0.5) is 0 Å². The van der Waals surface area contributed by atoms with Crippen LogP contribution < -0.4 is 0 Å². The molecule has 0 amide bonds. The second-order valence-electron chi connectivity index (χ2n) is 4.63. The third kappa shape index (κ3) is 2.35. The summed E-state index contributed by atoms with van der Waals surface area (Å²) >= 11 is 0. The largest absolute Gasteiger partial charge is 0.392 e. The molecule has 2 unspecified atom stereocenters. The Labute approximate surface area is 97.8 Å². The first kappa shape index (κ1) is 11.4. The third-order valence-electron chi connectivity index (χ3n) is 3.55. The molecule has 16 heavy (non-hydrogen) atoms. The minimum atomic E-state index is -0.209. The van der Waals surface area contributed by atoms with Crippen molar-refractivity contribution in [1.82, 2.24) is 0 Å². The minimum Gasteiger partial charge on any atom is -0.392 e. The maximum absolute atomic E-state index is 10.2. The zero-order valence-corrected chi connectivity index (χ0v) is 9.73. The number of benzene rings is 1. The van der Waals surface area contributed by atoms with Crippen LogP contribution in [0.5, 0.6) is 0 Å². The van der Waals surface area contributed by atoms with E-state index in [1.165, 1.54) is 24.0 Å². The number of allylic oxidation sites excluding steroid dienone is 1. The smallest absolute Gasteiger partial charge is 0.0611 e. The lowest BCUT2D eigenvalue weighted by Gasteiger charge is -2.29. The fraction of sp³-hybridized carbons (Fsp3) is 0.467. The summed E-state index contributed by atoms with van der Waals surface area (Å²) in [5, 5.41) is 10.2. The van der Waals surface area contributed by atoms with Gasteiger partial charge in [-0.1, -0.05) is 30.3 Å². The lowest BCUT2D eigenvalue weighted by Crippen LogP contribution is -2.22. The fourth-order valence-corrected chi connectivity index (χ4v) is 2.68. The maximum Gasteiger partial charge on any atom is 0.0611 e. The standard InChI is InChI=1S/C15H20O/c1-2-3-11-15(16)14-10-6-8-12-7-4-5-9-13(12)14/h2,4-5,7,9,14-16H,1,3,6,8,10-11H2. The molecule has 1 heteroatoms. The zero-order valence-electron chi connectivity index (χ0n) is 9.73. The Morgan fingerprint density at radius 3 is 3.06 bits per heavy atom. The summed E-state index contributed by atoms with van der Waals surface area (Å²) in [6.45, 7) is 3.71. The number of aryl methyl sites for hydroxylation is 1. The van der Waals surface area contributed by atoms with Crippen LogP contribution in [-0.4, -0.2) is 11.2 Å². The molecule has 1 aliphatic rings. The lowest BCUT2D eigenvalue weighted by molar-refractivity contribution is 0.126. The maximum atomic E-state index is 10.2. The normalized spacial score (nSPS) is 21.2. The monoisotopic (exact) mass is 216 g/mol. The van der Waals surface area contributed by atoms with E-state index < -0.39 is 0 Å². The van der Waals surface area contributed by atoms with E-state index in [4.69, 9.17) is 0 Å². The van der Waals surface area contributed by atoms with Crippen molar-refractivity contribution in [2.45, 2.75) is 44.1 Å². The second kappa shape index (κ2) is 5.31. The summed E-state index contributed by atoms with van der Waals surface area (Å²) in [7, 11) is 0. The highest BCUT2D eigenvalue weighted by atomic mass is 16.3. The topological polar surface area (TPSA) is 20.2 Å². The van der Waals surface area contributed by atoms with E-state index in [0.29, 0.717) is 5.92 Å². The molecule has 0 heterocycles. The van der Waals surface area contributed by atoms with Gasteiger partial charge in [0.15, 0.2) is 0 Å². The van der Waals surface area contributed by atoms with Gasteiger partial charge in [-0.05, 0) is 43.2 Å². The highest BCUT2D eigenvalue weighted by Crippen LogP contribution is 2.35. The molecule has 0 saturated heterocycles. The Kier molecular flexibility index (Phi) is 3.79. The van der Waals surface area contributed by atoms with Gasteiger partial charge in [-0.2, -0.15) is 0 Å². The summed E-state index contributed by atoms with van der Waals surface area (Å²) in [5.41, 5.74) is 2.79. The van der Waals surface area contributed by atoms with E-state index in [2.05, 4.69) is 30.8 Å². The Balaban J connectivity index is 2.14.